The zero-order valence-electron chi connectivity index (χ0n) is 18.0. The van der Waals surface area contributed by atoms with E-state index in [2.05, 4.69) is 17.0 Å². The van der Waals surface area contributed by atoms with Crippen molar-refractivity contribution in [2.24, 2.45) is 0 Å². The Morgan fingerprint density at radius 1 is 0.812 bits per heavy atom. The average molecular weight is 425 g/mol. The van der Waals surface area contributed by atoms with Crippen LogP contribution in [0, 0.1) is 0 Å². The summed E-state index contributed by atoms with van der Waals surface area (Å²) in [6, 6.07) is 24.8. The molecule has 0 radical (unpaired) electrons. The Labute approximate surface area is 187 Å². The molecule has 0 bridgehead atoms. The maximum absolute atomic E-state index is 13.7. The molecule has 0 aromatic heterocycles. The van der Waals surface area contributed by atoms with Gasteiger partial charge in [0.1, 0.15) is 11.4 Å². The molecule has 0 spiro atoms. The Kier molecular flexibility index (Phi) is 5.23. The summed E-state index contributed by atoms with van der Waals surface area (Å²) >= 11 is 0. The maximum Gasteiger partial charge on any atom is 0.282 e. The number of hydrogen-bond acceptors (Lipinski definition) is 4. The van der Waals surface area contributed by atoms with Gasteiger partial charge in [-0.3, -0.25) is 9.59 Å². The number of amides is 2. The van der Waals surface area contributed by atoms with Crippen LogP contribution in [-0.4, -0.2) is 29.9 Å². The molecule has 32 heavy (non-hydrogen) atoms. The van der Waals surface area contributed by atoms with Crippen molar-refractivity contribution in [3.05, 3.63) is 101 Å². The van der Waals surface area contributed by atoms with Crippen molar-refractivity contribution >= 4 is 23.1 Å². The fourth-order valence-corrected chi connectivity index (χ4v) is 4.45. The molecule has 160 valence electrons. The van der Waals surface area contributed by atoms with Gasteiger partial charge < -0.3 is 9.64 Å². The van der Waals surface area contributed by atoms with E-state index in [9.17, 15) is 9.59 Å². The van der Waals surface area contributed by atoms with Crippen LogP contribution < -0.4 is 9.64 Å². The van der Waals surface area contributed by atoms with E-state index in [1.165, 1.54) is 16.0 Å². The van der Waals surface area contributed by atoms with Crippen LogP contribution in [0.1, 0.15) is 23.6 Å². The number of carbonyl (C=O) groups is 2. The number of fused-ring (bicyclic) bond motifs is 1. The molecule has 0 saturated carbocycles. The minimum Gasteiger partial charge on any atom is -0.494 e. The zero-order chi connectivity index (χ0) is 22.1. The van der Waals surface area contributed by atoms with E-state index in [0.717, 1.165) is 17.7 Å². The Bertz CT molecular complexity index is 1200. The summed E-state index contributed by atoms with van der Waals surface area (Å²) in [6.07, 6.45) is 0.836. The molecule has 2 heterocycles. The summed E-state index contributed by atoms with van der Waals surface area (Å²) in [7, 11) is 0. The van der Waals surface area contributed by atoms with Gasteiger partial charge in [0, 0.05) is 13.1 Å². The summed E-state index contributed by atoms with van der Waals surface area (Å²) < 4.78 is 5.56. The molecular weight excluding hydrogens is 400 g/mol. The van der Waals surface area contributed by atoms with Gasteiger partial charge in [0.15, 0.2) is 0 Å². The Morgan fingerprint density at radius 2 is 1.50 bits per heavy atom. The first-order valence-corrected chi connectivity index (χ1v) is 10.9. The van der Waals surface area contributed by atoms with Crippen molar-refractivity contribution in [3.8, 4) is 5.75 Å². The molecule has 3 aromatic rings. The predicted molar refractivity (Wildman–Crippen MR) is 124 cm³/mol. The van der Waals surface area contributed by atoms with E-state index in [0.29, 0.717) is 36.7 Å². The van der Waals surface area contributed by atoms with Gasteiger partial charge in [0.25, 0.3) is 11.8 Å². The lowest BCUT2D eigenvalue weighted by Crippen LogP contribution is -2.37. The molecule has 0 aliphatic carbocycles. The van der Waals surface area contributed by atoms with Gasteiger partial charge in [-0.25, -0.2) is 4.90 Å². The SMILES string of the molecule is CCOc1ccc(C2=C(N3CCc4ccccc4C3)C(=O)N(c3ccccc3)C2=O)cc1. The molecule has 3 aromatic carbocycles. The fraction of sp³-hybridized carbons (Fsp3) is 0.185. The van der Waals surface area contributed by atoms with Crippen molar-refractivity contribution in [3.63, 3.8) is 0 Å². The first-order valence-electron chi connectivity index (χ1n) is 10.9. The van der Waals surface area contributed by atoms with Crippen LogP contribution in [0.2, 0.25) is 0 Å². The molecule has 0 N–H and O–H groups in total. The van der Waals surface area contributed by atoms with E-state index >= 15 is 0 Å². The Morgan fingerprint density at radius 3 is 2.22 bits per heavy atom. The summed E-state index contributed by atoms with van der Waals surface area (Å²) in [6.45, 7) is 3.79. The summed E-state index contributed by atoms with van der Waals surface area (Å²) in [5.41, 5.74) is 4.70. The monoisotopic (exact) mass is 424 g/mol. The number of hydrogen-bond donors (Lipinski definition) is 0. The summed E-state index contributed by atoms with van der Waals surface area (Å²) in [4.78, 5) is 30.6. The molecule has 5 rings (SSSR count). The Balaban J connectivity index is 1.59. The topological polar surface area (TPSA) is 49.9 Å². The van der Waals surface area contributed by atoms with Gasteiger partial charge in [0.05, 0.1) is 17.9 Å². The molecule has 2 amide bonds. The second-order valence-corrected chi connectivity index (χ2v) is 7.90. The standard InChI is InChI=1S/C27H24N2O3/c1-2-32-23-14-12-20(13-15-23)24-25(28-17-16-19-8-6-7-9-21(19)18-28)27(31)29(26(24)30)22-10-4-3-5-11-22/h3-15H,2,16-18H2,1H3. The Hall–Kier alpha value is -3.86. The summed E-state index contributed by atoms with van der Waals surface area (Å²) in [5.74, 6) is 0.172. The molecule has 0 unspecified atom stereocenters. The van der Waals surface area contributed by atoms with Crippen LogP contribution in [0.3, 0.4) is 0 Å². The van der Waals surface area contributed by atoms with Crippen molar-refractivity contribution in [2.45, 2.75) is 19.9 Å². The lowest BCUT2D eigenvalue weighted by molar-refractivity contribution is -0.120. The van der Waals surface area contributed by atoms with E-state index in [4.69, 9.17) is 4.74 Å². The van der Waals surface area contributed by atoms with E-state index in [1.54, 1.807) is 12.1 Å². The van der Waals surface area contributed by atoms with Crippen LogP contribution >= 0.6 is 0 Å². The third-order valence-corrected chi connectivity index (χ3v) is 5.97. The molecule has 5 nitrogen and oxygen atoms in total. The number of rotatable bonds is 5. The van der Waals surface area contributed by atoms with Gasteiger partial charge in [-0.2, -0.15) is 0 Å². The third kappa shape index (κ3) is 3.46. The maximum atomic E-state index is 13.7. The lowest BCUT2D eigenvalue weighted by Gasteiger charge is -2.31. The number of anilines is 1. The highest BCUT2D eigenvalue weighted by molar-refractivity contribution is 6.45. The first kappa shape index (κ1) is 20.1. The minimum atomic E-state index is -0.292. The highest BCUT2D eigenvalue weighted by Gasteiger charge is 2.43. The van der Waals surface area contributed by atoms with Crippen LogP contribution in [0.5, 0.6) is 5.75 Å². The van der Waals surface area contributed by atoms with E-state index in [1.807, 2.05) is 61.5 Å². The normalized spacial score (nSPS) is 15.9. The first-order chi connectivity index (χ1) is 15.7. The van der Waals surface area contributed by atoms with Gasteiger partial charge in [-0.1, -0.05) is 54.6 Å². The second kappa shape index (κ2) is 8.35. The van der Waals surface area contributed by atoms with Crippen LogP contribution in [-0.2, 0) is 22.6 Å². The molecular formula is C27H24N2O3. The lowest BCUT2D eigenvalue weighted by atomic mass is 9.98. The molecule has 0 saturated heterocycles. The fourth-order valence-electron chi connectivity index (χ4n) is 4.45. The number of benzene rings is 3. The summed E-state index contributed by atoms with van der Waals surface area (Å²) in [5, 5.41) is 0. The molecule has 2 aliphatic heterocycles. The predicted octanol–water partition coefficient (Wildman–Crippen LogP) is 4.43. The second-order valence-electron chi connectivity index (χ2n) is 7.90. The molecule has 2 aliphatic rings. The number of carbonyl (C=O) groups excluding carboxylic acids is 2. The van der Waals surface area contributed by atoms with Gasteiger partial charge in [0.2, 0.25) is 0 Å². The third-order valence-electron chi connectivity index (χ3n) is 5.97. The number of nitrogens with zero attached hydrogens (tertiary/aromatic N) is 2. The van der Waals surface area contributed by atoms with E-state index in [-0.39, 0.29) is 11.8 Å². The largest absolute Gasteiger partial charge is 0.494 e. The molecule has 0 fully saturated rings. The zero-order valence-corrected chi connectivity index (χ0v) is 18.0. The van der Waals surface area contributed by atoms with Crippen molar-refractivity contribution in [2.75, 3.05) is 18.1 Å². The number of para-hydroxylation sites is 1. The van der Waals surface area contributed by atoms with Gasteiger partial charge in [-0.15, -0.1) is 0 Å². The minimum absolute atomic E-state index is 0.274. The van der Waals surface area contributed by atoms with Crippen molar-refractivity contribution < 1.29 is 14.3 Å². The van der Waals surface area contributed by atoms with Crippen molar-refractivity contribution in [1.82, 2.24) is 4.90 Å². The highest BCUT2D eigenvalue weighted by atomic mass is 16.5. The molecule has 0 atom stereocenters. The highest BCUT2D eigenvalue weighted by Crippen LogP contribution is 2.37. The van der Waals surface area contributed by atoms with Crippen molar-refractivity contribution in [1.29, 1.82) is 0 Å². The van der Waals surface area contributed by atoms with Crippen LogP contribution in [0.25, 0.3) is 5.57 Å². The average Bonchev–Trinajstić information content (AvgIpc) is 3.10. The van der Waals surface area contributed by atoms with E-state index < -0.39 is 0 Å². The quantitative estimate of drug-likeness (QED) is 0.569. The van der Waals surface area contributed by atoms with Gasteiger partial charge >= 0.3 is 0 Å². The molecule has 5 heteroatoms. The van der Waals surface area contributed by atoms with Crippen LogP contribution in [0.4, 0.5) is 5.69 Å². The smallest absolute Gasteiger partial charge is 0.282 e. The van der Waals surface area contributed by atoms with Crippen LogP contribution in [0.15, 0.2) is 84.6 Å². The number of ether oxygens (including phenoxy) is 1. The van der Waals surface area contributed by atoms with Gasteiger partial charge in [-0.05, 0) is 54.3 Å². The number of imide groups is 1.